The molecule has 0 spiro atoms. The second-order valence-corrected chi connectivity index (χ2v) is 5.13. The Balaban J connectivity index is 1.74. The molecule has 0 radical (unpaired) electrons. The SMILES string of the molecule is CN(CCOc1cccc(F)c1)C(=O)C1CCC(CN)O1. The van der Waals surface area contributed by atoms with Crippen LogP contribution in [0.2, 0.25) is 0 Å². The van der Waals surface area contributed by atoms with Crippen LogP contribution in [0.5, 0.6) is 5.75 Å². The Labute approximate surface area is 123 Å². The summed E-state index contributed by atoms with van der Waals surface area (Å²) in [5, 5.41) is 0. The van der Waals surface area contributed by atoms with Crippen molar-refractivity contribution in [3.8, 4) is 5.75 Å². The number of hydrogen-bond donors (Lipinski definition) is 1. The summed E-state index contributed by atoms with van der Waals surface area (Å²) in [6, 6.07) is 5.93. The molecule has 1 heterocycles. The van der Waals surface area contributed by atoms with Gasteiger partial charge in [0.05, 0.1) is 12.6 Å². The van der Waals surface area contributed by atoms with Crippen molar-refractivity contribution >= 4 is 5.91 Å². The van der Waals surface area contributed by atoms with Crippen molar-refractivity contribution in [2.24, 2.45) is 5.73 Å². The summed E-state index contributed by atoms with van der Waals surface area (Å²) in [4.78, 5) is 13.7. The Bertz CT molecular complexity index is 484. The highest BCUT2D eigenvalue weighted by Crippen LogP contribution is 2.20. The van der Waals surface area contributed by atoms with E-state index in [2.05, 4.69) is 0 Å². The van der Waals surface area contributed by atoms with Gasteiger partial charge in [-0.15, -0.1) is 0 Å². The van der Waals surface area contributed by atoms with Gasteiger partial charge in [-0.3, -0.25) is 4.79 Å². The molecule has 1 aliphatic heterocycles. The zero-order valence-corrected chi connectivity index (χ0v) is 12.1. The third-order valence-electron chi connectivity index (χ3n) is 3.51. The Morgan fingerprint density at radius 2 is 2.33 bits per heavy atom. The van der Waals surface area contributed by atoms with Crippen molar-refractivity contribution in [1.82, 2.24) is 4.90 Å². The molecule has 0 aromatic heterocycles. The summed E-state index contributed by atoms with van der Waals surface area (Å²) in [5.41, 5.74) is 5.53. The fourth-order valence-electron chi connectivity index (χ4n) is 2.27. The third-order valence-corrected chi connectivity index (χ3v) is 3.51. The molecule has 2 rings (SSSR count). The van der Waals surface area contributed by atoms with Crippen molar-refractivity contribution in [3.63, 3.8) is 0 Å². The Morgan fingerprint density at radius 1 is 1.52 bits per heavy atom. The minimum atomic E-state index is -0.405. The van der Waals surface area contributed by atoms with Crippen molar-refractivity contribution < 1.29 is 18.7 Å². The largest absolute Gasteiger partial charge is 0.492 e. The predicted octanol–water partition coefficient (Wildman–Crippen LogP) is 1.17. The molecule has 1 aromatic carbocycles. The lowest BCUT2D eigenvalue weighted by molar-refractivity contribution is -0.141. The van der Waals surface area contributed by atoms with E-state index < -0.39 is 6.10 Å². The second-order valence-electron chi connectivity index (χ2n) is 5.13. The summed E-state index contributed by atoms with van der Waals surface area (Å²) in [6.07, 6.45) is 1.10. The molecule has 2 N–H and O–H groups in total. The molecule has 1 saturated heterocycles. The molecule has 116 valence electrons. The van der Waals surface area contributed by atoms with Gasteiger partial charge in [-0.1, -0.05) is 6.07 Å². The van der Waals surface area contributed by atoms with Gasteiger partial charge >= 0.3 is 0 Å². The Hall–Kier alpha value is -1.66. The fourth-order valence-corrected chi connectivity index (χ4v) is 2.27. The minimum Gasteiger partial charge on any atom is -0.492 e. The van der Waals surface area contributed by atoms with Gasteiger partial charge < -0.3 is 20.1 Å². The number of carbonyl (C=O) groups excluding carboxylic acids is 1. The van der Waals surface area contributed by atoms with Gasteiger partial charge in [0, 0.05) is 19.7 Å². The number of ether oxygens (including phenoxy) is 2. The van der Waals surface area contributed by atoms with Crippen LogP contribution < -0.4 is 10.5 Å². The maximum atomic E-state index is 13.0. The average molecular weight is 296 g/mol. The number of benzene rings is 1. The number of halogens is 1. The zero-order chi connectivity index (χ0) is 15.2. The highest BCUT2D eigenvalue weighted by Gasteiger charge is 2.31. The molecule has 0 aliphatic carbocycles. The molecule has 21 heavy (non-hydrogen) atoms. The van der Waals surface area contributed by atoms with Crippen molar-refractivity contribution in [3.05, 3.63) is 30.1 Å². The van der Waals surface area contributed by atoms with Gasteiger partial charge in [0.2, 0.25) is 0 Å². The van der Waals surface area contributed by atoms with Crippen LogP contribution in [0.4, 0.5) is 4.39 Å². The predicted molar refractivity (Wildman–Crippen MR) is 76.5 cm³/mol. The molecular weight excluding hydrogens is 275 g/mol. The smallest absolute Gasteiger partial charge is 0.251 e. The minimum absolute atomic E-state index is 0.0177. The molecular formula is C15H21FN2O3. The van der Waals surface area contributed by atoms with E-state index in [4.69, 9.17) is 15.2 Å². The molecule has 1 amide bonds. The zero-order valence-electron chi connectivity index (χ0n) is 12.1. The van der Waals surface area contributed by atoms with Gasteiger partial charge in [-0.05, 0) is 25.0 Å². The van der Waals surface area contributed by atoms with Crippen LogP contribution in [0.25, 0.3) is 0 Å². The second kappa shape index (κ2) is 7.38. The topological polar surface area (TPSA) is 64.8 Å². The van der Waals surface area contributed by atoms with Crippen LogP contribution >= 0.6 is 0 Å². The molecule has 1 aromatic rings. The summed E-state index contributed by atoms with van der Waals surface area (Å²) in [5.74, 6) is 0.0501. The summed E-state index contributed by atoms with van der Waals surface area (Å²) < 4.78 is 24.0. The van der Waals surface area contributed by atoms with Gasteiger partial charge in [0.1, 0.15) is 24.3 Å². The number of nitrogens with two attached hydrogens (primary N) is 1. The highest BCUT2D eigenvalue weighted by atomic mass is 19.1. The molecule has 2 atom stereocenters. The van der Waals surface area contributed by atoms with Gasteiger partial charge in [0.15, 0.2) is 0 Å². The number of rotatable bonds is 6. The maximum absolute atomic E-state index is 13.0. The molecule has 0 bridgehead atoms. The van der Waals surface area contributed by atoms with Crippen LogP contribution in [0, 0.1) is 5.82 Å². The van der Waals surface area contributed by atoms with E-state index in [9.17, 15) is 9.18 Å². The van der Waals surface area contributed by atoms with Crippen LogP contribution in [-0.2, 0) is 9.53 Å². The monoisotopic (exact) mass is 296 g/mol. The molecule has 1 aliphatic rings. The first-order valence-electron chi connectivity index (χ1n) is 7.09. The van der Waals surface area contributed by atoms with Crippen LogP contribution in [0.15, 0.2) is 24.3 Å². The quantitative estimate of drug-likeness (QED) is 0.856. The summed E-state index contributed by atoms with van der Waals surface area (Å²) in [7, 11) is 1.70. The van der Waals surface area contributed by atoms with E-state index in [0.717, 1.165) is 6.42 Å². The van der Waals surface area contributed by atoms with Crippen molar-refractivity contribution in [2.75, 3.05) is 26.7 Å². The first-order valence-corrected chi connectivity index (χ1v) is 7.09. The lowest BCUT2D eigenvalue weighted by Gasteiger charge is -2.21. The van der Waals surface area contributed by atoms with Gasteiger partial charge in [-0.2, -0.15) is 0 Å². The van der Waals surface area contributed by atoms with Crippen molar-refractivity contribution in [1.29, 1.82) is 0 Å². The third kappa shape index (κ3) is 4.41. The summed E-state index contributed by atoms with van der Waals surface area (Å²) >= 11 is 0. The van der Waals surface area contributed by atoms with Crippen LogP contribution in [-0.4, -0.2) is 49.8 Å². The molecule has 2 unspecified atom stereocenters. The van der Waals surface area contributed by atoms with E-state index in [0.29, 0.717) is 31.9 Å². The Kier molecular flexibility index (Phi) is 5.52. The first-order chi connectivity index (χ1) is 10.1. The fraction of sp³-hybridized carbons (Fsp3) is 0.533. The van der Waals surface area contributed by atoms with Crippen LogP contribution in [0.1, 0.15) is 12.8 Å². The average Bonchev–Trinajstić information content (AvgIpc) is 2.95. The van der Waals surface area contributed by atoms with E-state index in [1.165, 1.54) is 12.1 Å². The number of carbonyl (C=O) groups is 1. The number of amides is 1. The normalized spacial score (nSPS) is 21.3. The van der Waals surface area contributed by atoms with Gasteiger partial charge in [0.25, 0.3) is 5.91 Å². The Morgan fingerprint density at radius 3 is 3.00 bits per heavy atom. The van der Waals surface area contributed by atoms with E-state index >= 15 is 0 Å². The number of nitrogens with zero attached hydrogens (tertiary/aromatic N) is 1. The molecule has 5 nitrogen and oxygen atoms in total. The van der Waals surface area contributed by atoms with Crippen LogP contribution in [0.3, 0.4) is 0 Å². The number of hydrogen-bond acceptors (Lipinski definition) is 4. The van der Waals surface area contributed by atoms with Crippen molar-refractivity contribution in [2.45, 2.75) is 25.0 Å². The molecule has 0 saturated carbocycles. The maximum Gasteiger partial charge on any atom is 0.251 e. The number of likely N-dealkylation sites (N-methyl/N-ethyl adjacent to an activating group) is 1. The van der Waals surface area contributed by atoms with E-state index in [1.54, 1.807) is 24.1 Å². The first kappa shape index (κ1) is 15.7. The summed E-state index contributed by atoms with van der Waals surface area (Å²) in [6.45, 7) is 1.16. The van der Waals surface area contributed by atoms with Gasteiger partial charge in [-0.25, -0.2) is 4.39 Å². The molecule has 6 heteroatoms. The van der Waals surface area contributed by atoms with E-state index in [1.807, 2.05) is 0 Å². The lowest BCUT2D eigenvalue weighted by atomic mass is 10.2. The highest BCUT2D eigenvalue weighted by molar-refractivity contribution is 5.80. The lowest BCUT2D eigenvalue weighted by Crippen LogP contribution is -2.39. The van der Waals surface area contributed by atoms with E-state index in [-0.39, 0.29) is 17.8 Å². The molecule has 1 fully saturated rings. The standard InChI is InChI=1S/C15H21FN2O3/c1-18(15(19)14-6-5-13(10-17)21-14)7-8-20-12-4-2-3-11(16)9-12/h2-4,9,13-14H,5-8,10,17H2,1H3.